The van der Waals surface area contributed by atoms with E-state index in [-0.39, 0.29) is 17.6 Å². The van der Waals surface area contributed by atoms with Gasteiger partial charge in [-0.2, -0.15) is 18.3 Å². The number of fused-ring (bicyclic) bond motifs is 4. The first-order chi connectivity index (χ1) is 22.9. The molecule has 2 fully saturated rings. The molecule has 1 amide bonds. The van der Waals surface area contributed by atoms with Crippen LogP contribution in [0.5, 0.6) is 0 Å². The van der Waals surface area contributed by atoms with Crippen molar-refractivity contribution >= 4 is 34.1 Å². The zero-order valence-electron chi connectivity index (χ0n) is 27.1. The lowest BCUT2D eigenvalue weighted by molar-refractivity contribution is -0.137. The summed E-state index contributed by atoms with van der Waals surface area (Å²) in [5.41, 5.74) is 1.77. The third kappa shape index (κ3) is 4.46. The zero-order chi connectivity index (χ0) is 33.7. The third-order valence-corrected chi connectivity index (χ3v) is 10.4. The van der Waals surface area contributed by atoms with E-state index < -0.39 is 29.1 Å². The molecule has 0 saturated carbocycles. The van der Waals surface area contributed by atoms with Crippen LogP contribution in [0.2, 0.25) is 0 Å². The van der Waals surface area contributed by atoms with Crippen molar-refractivity contribution < 1.29 is 22.7 Å². The number of carbonyl (C=O) groups excluding carboxylic acids is 1. The first-order valence-electron chi connectivity index (χ1n) is 16.1. The highest BCUT2D eigenvalue weighted by Crippen LogP contribution is 2.49. The first kappa shape index (κ1) is 30.5. The number of carbonyl (C=O) groups is 1. The molecule has 15 heteroatoms. The van der Waals surface area contributed by atoms with Gasteiger partial charge in [0.15, 0.2) is 0 Å². The van der Waals surface area contributed by atoms with Crippen molar-refractivity contribution in [3.8, 4) is 11.1 Å². The number of aromatic nitrogens is 6. The summed E-state index contributed by atoms with van der Waals surface area (Å²) < 4.78 is 55.9. The van der Waals surface area contributed by atoms with Gasteiger partial charge in [0.2, 0.25) is 0 Å². The van der Waals surface area contributed by atoms with E-state index in [2.05, 4.69) is 33.1 Å². The monoisotopic (exact) mass is 663 g/mol. The molecule has 8 rings (SSSR count). The fourth-order valence-electron chi connectivity index (χ4n) is 8.03. The summed E-state index contributed by atoms with van der Waals surface area (Å²) in [4.78, 5) is 36.1. The molecule has 3 aliphatic rings. The van der Waals surface area contributed by atoms with Crippen molar-refractivity contribution in [2.24, 2.45) is 7.05 Å². The predicted molar refractivity (Wildman–Crippen MR) is 174 cm³/mol. The summed E-state index contributed by atoms with van der Waals surface area (Å²) in [6.45, 7) is 5.72. The van der Waals surface area contributed by atoms with Gasteiger partial charge in [0.05, 0.1) is 54.3 Å². The molecular weight excluding hydrogens is 627 g/mol. The molecule has 5 aromatic rings. The van der Waals surface area contributed by atoms with Crippen molar-refractivity contribution in [1.82, 2.24) is 33.6 Å². The van der Waals surface area contributed by atoms with E-state index in [1.165, 1.54) is 12.4 Å². The fraction of sp³-hybridized carbons (Fsp3) is 0.455. The number of alkyl halides is 3. The number of nitrogens with one attached hydrogen (secondary N) is 1. The Morgan fingerprint density at radius 2 is 2.00 bits per heavy atom. The molecular formula is C33H36F3N9O3. The van der Waals surface area contributed by atoms with Gasteiger partial charge < -0.3 is 28.4 Å². The maximum absolute atomic E-state index is 14.9. The molecule has 4 aromatic heterocycles. The van der Waals surface area contributed by atoms with Crippen molar-refractivity contribution in [2.75, 3.05) is 43.1 Å². The van der Waals surface area contributed by atoms with E-state index >= 15 is 0 Å². The van der Waals surface area contributed by atoms with Crippen molar-refractivity contribution in [2.45, 2.75) is 57.0 Å². The Kier molecular flexibility index (Phi) is 6.75. The Hall–Kier alpha value is -4.79. The van der Waals surface area contributed by atoms with Gasteiger partial charge in [-0.3, -0.25) is 0 Å². The number of likely N-dealkylation sites (N-methyl/N-ethyl adjacent to an activating group) is 1. The number of ether oxygens (including phenoxy) is 1. The highest BCUT2D eigenvalue weighted by atomic mass is 19.4. The average molecular weight is 664 g/mol. The lowest BCUT2D eigenvalue weighted by Crippen LogP contribution is -2.57. The van der Waals surface area contributed by atoms with Gasteiger partial charge in [-0.25, -0.2) is 24.2 Å². The molecule has 1 spiro atoms. The molecule has 3 unspecified atom stereocenters. The van der Waals surface area contributed by atoms with E-state index in [1.54, 1.807) is 35.0 Å². The van der Waals surface area contributed by atoms with Crippen LogP contribution in [0.15, 0.2) is 47.9 Å². The number of hydrogen-bond acceptors (Lipinski definition) is 7. The largest absolute Gasteiger partial charge is 0.417 e. The minimum atomic E-state index is -4.60. The highest BCUT2D eigenvalue weighted by molar-refractivity contribution is 6.04. The average Bonchev–Trinajstić information content (AvgIpc) is 3.83. The number of rotatable bonds is 2. The molecule has 0 bridgehead atoms. The normalized spacial score (nSPS) is 22.9. The number of morpholine rings is 1. The van der Waals surface area contributed by atoms with Crippen LogP contribution >= 0.6 is 0 Å². The summed E-state index contributed by atoms with van der Waals surface area (Å²) in [6, 6.07) is 6.24. The van der Waals surface area contributed by atoms with Crippen LogP contribution in [0, 0.1) is 0 Å². The summed E-state index contributed by atoms with van der Waals surface area (Å²) >= 11 is 0. The number of pyridine rings is 1. The fourth-order valence-corrected chi connectivity index (χ4v) is 8.03. The van der Waals surface area contributed by atoms with Crippen molar-refractivity contribution in [3.05, 3.63) is 64.7 Å². The Morgan fingerprint density at radius 3 is 2.73 bits per heavy atom. The minimum absolute atomic E-state index is 0.0504. The molecule has 12 nitrogen and oxygen atoms in total. The Morgan fingerprint density at radius 1 is 1.19 bits per heavy atom. The summed E-state index contributed by atoms with van der Waals surface area (Å²) in [5.74, 6) is 0.861. The minimum Gasteiger partial charge on any atom is -0.372 e. The smallest absolute Gasteiger partial charge is 0.372 e. The summed E-state index contributed by atoms with van der Waals surface area (Å²) in [5, 5.41) is 6.00. The van der Waals surface area contributed by atoms with Gasteiger partial charge >= 0.3 is 17.9 Å². The number of amides is 1. The first-order valence-corrected chi connectivity index (χ1v) is 16.1. The standard InChI is InChI=1S/C33H36F3N9O3/c1-5-21-13-32(16-44(21)31(47)45-18-38-39-30(45)46)15-43(19(2)14-48-32)25-11-20-8-10-40(3)29-26(22-7-6-9-42(25)28(20)22)23(33(34,35)36)12-24-27(29)37-17-41(24)4/h6-7,9,11-12,17-19,21H,5,8,10,13-16H2,1-4H3,(H,39,46). The van der Waals surface area contributed by atoms with Crippen LogP contribution in [-0.4, -0.2) is 90.6 Å². The van der Waals surface area contributed by atoms with Gasteiger partial charge in [-0.05, 0) is 43.5 Å². The molecule has 0 radical (unpaired) electrons. The number of halogens is 3. The number of nitrogens with zero attached hydrogens (tertiary/aromatic N) is 8. The van der Waals surface area contributed by atoms with Crippen LogP contribution in [0.1, 0.15) is 37.8 Å². The molecule has 3 atom stereocenters. The van der Waals surface area contributed by atoms with Gasteiger partial charge in [-0.1, -0.05) is 13.0 Å². The molecule has 0 aliphatic carbocycles. The topological polar surface area (TPSA) is 109 Å². The Labute approximate surface area is 273 Å². The summed E-state index contributed by atoms with van der Waals surface area (Å²) in [6.07, 6.45) is 1.94. The van der Waals surface area contributed by atoms with Crippen LogP contribution < -0.4 is 15.5 Å². The predicted octanol–water partition coefficient (Wildman–Crippen LogP) is 4.51. The number of aromatic amines is 1. The molecule has 252 valence electrons. The van der Waals surface area contributed by atoms with Gasteiger partial charge in [0.25, 0.3) is 0 Å². The molecule has 2 saturated heterocycles. The second-order valence-corrected chi connectivity index (χ2v) is 13.4. The number of anilines is 2. The molecule has 1 N–H and O–H groups in total. The van der Waals surface area contributed by atoms with Crippen LogP contribution in [-0.2, 0) is 24.4 Å². The van der Waals surface area contributed by atoms with E-state index in [0.29, 0.717) is 67.8 Å². The summed E-state index contributed by atoms with van der Waals surface area (Å²) in [7, 11) is 3.54. The van der Waals surface area contributed by atoms with E-state index in [4.69, 9.17) is 4.74 Å². The third-order valence-electron chi connectivity index (χ3n) is 10.4. The van der Waals surface area contributed by atoms with Crippen molar-refractivity contribution in [1.29, 1.82) is 0 Å². The molecule has 3 aliphatic heterocycles. The van der Waals surface area contributed by atoms with Crippen LogP contribution in [0.25, 0.3) is 27.7 Å². The van der Waals surface area contributed by atoms with Gasteiger partial charge in [-0.15, -0.1) is 0 Å². The lowest BCUT2D eigenvalue weighted by atomic mass is 9.92. The Bertz CT molecular complexity index is 2150. The second-order valence-electron chi connectivity index (χ2n) is 13.4. The Balaban J connectivity index is 1.25. The SMILES string of the molecule is CCC1CC2(CN1C(=O)n1cn[nH]c1=O)CN(c1cc3c4c(cccn14)-c1c(C(F)(F)F)cc4c(ncn4C)c1N(C)CC3)C(C)CO2. The second kappa shape index (κ2) is 10.6. The number of aryl methyl sites for hydroxylation is 1. The van der Waals surface area contributed by atoms with Crippen LogP contribution in [0.4, 0.5) is 29.5 Å². The number of benzene rings is 1. The highest BCUT2D eigenvalue weighted by Gasteiger charge is 2.51. The molecule has 48 heavy (non-hydrogen) atoms. The number of H-pyrrole nitrogens is 1. The zero-order valence-corrected chi connectivity index (χ0v) is 27.1. The maximum atomic E-state index is 14.9. The van der Waals surface area contributed by atoms with Crippen LogP contribution in [0.3, 0.4) is 0 Å². The molecule has 1 aromatic carbocycles. The number of likely N-dealkylation sites (tertiary alicyclic amines) is 1. The van der Waals surface area contributed by atoms with Gasteiger partial charge in [0.1, 0.15) is 23.3 Å². The molecule has 7 heterocycles. The quantitative estimate of drug-likeness (QED) is 0.296. The lowest BCUT2D eigenvalue weighted by Gasteiger charge is -2.45. The number of imidazole rings is 1. The maximum Gasteiger partial charge on any atom is 0.417 e. The van der Waals surface area contributed by atoms with E-state index in [0.717, 1.165) is 21.5 Å². The van der Waals surface area contributed by atoms with E-state index in [9.17, 15) is 22.8 Å². The number of hydrogen-bond donors (Lipinski definition) is 1. The van der Waals surface area contributed by atoms with Crippen molar-refractivity contribution in [3.63, 3.8) is 0 Å². The van der Waals surface area contributed by atoms with E-state index in [1.807, 2.05) is 29.5 Å². The van der Waals surface area contributed by atoms with Gasteiger partial charge in [0, 0.05) is 50.4 Å².